The van der Waals surface area contributed by atoms with E-state index in [9.17, 15) is 99.6 Å². The first kappa shape index (κ1) is 67.5. The number of aliphatic hydroxyl groups excluding tert-OH is 8. The minimum atomic E-state index is -1.33. The van der Waals surface area contributed by atoms with Gasteiger partial charge in [-0.2, -0.15) is 0 Å². The van der Waals surface area contributed by atoms with Crippen molar-refractivity contribution in [1.29, 1.82) is 0 Å². The monoisotopic (exact) mass is 1190 g/mol. The van der Waals surface area contributed by atoms with E-state index in [1.807, 2.05) is 41.0 Å². The first-order chi connectivity index (χ1) is 40.5. The number of carbonyl (C=O) groups excluding carboxylic acids is 4. The molecule has 4 atom stereocenters. The second-order valence-electron chi connectivity index (χ2n) is 20.2. The van der Waals surface area contributed by atoms with Gasteiger partial charge in [-0.05, 0) is 49.1 Å². The number of rotatable bonds is 34. The number of hydrogen-bond donors (Lipinski definition) is 16. The molecule has 0 saturated carbocycles. The van der Waals surface area contributed by atoms with Gasteiger partial charge < -0.3 is 101 Å². The number of aryl methyl sites for hydroxylation is 1. The number of nitrogens with zero attached hydrogens (tertiary/aromatic N) is 6. The molecule has 30 nitrogen and oxygen atoms in total. The number of carbonyl (C=O) groups is 4. The zero-order valence-electron chi connectivity index (χ0n) is 46.6. The zero-order chi connectivity index (χ0) is 62.5. The molecule has 5 aromatic rings. The highest BCUT2D eigenvalue weighted by Gasteiger charge is 2.25. The van der Waals surface area contributed by atoms with Crippen LogP contribution in [0.15, 0.2) is 92.5 Å². The van der Waals surface area contributed by atoms with Crippen molar-refractivity contribution >= 4 is 23.6 Å². The predicted octanol–water partition coefficient (Wildman–Crippen LogP) is -5.64. The number of amides is 4. The van der Waals surface area contributed by atoms with E-state index in [1.54, 1.807) is 0 Å². The second kappa shape index (κ2) is 32.7. The first-order valence-electron chi connectivity index (χ1n) is 27.0. The SMILES string of the molecule is Cc1ccc(CC(CN(CCNC(=O)c2ccn(CC(O)CO)c(=O)c2O)CCNC(=O)c2ccn(CC(O)CO)c(=O)c2O)CN(CCNC(=O)c2ccn(CC(O)CO)c(=O)c2O)CCNC(=O)c2ccn(CC(O)CO)c(=O)c2O)cc1. The van der Waals surface area contributed by atoms with Crippen LogP contribution in [0.4, 0.5) is 0 Å². The Labute approximate surface area is 485 Å². The summed E-state index contributed by atoms with van der Waals surface area (Å²) < 4.78 is 3.66. The van der Waals surface area contributed by atoms with Gasteiger partial charge in [-0.15, -0.1) is 0 Å². The van der Waals surface area contributed by atoms with E-state index in [-0.39, 0.29) is 91.6 Å². The normalized spacial score (nSPS) is 13.3. The largest absolute Gasteiger partial charge is 0.502 e. The van der Waals surface area contributed by atoms with E-state index in [4.69, 9.17) is 0 Å². The van der Waals surface area contributed by atoms with Gasteiger partial charge in [-0.3, -0.25) is 48.2 Å². The molecule has 0 radical (unpaired) electrons. The minimum Gasteiger partial charge on any atom is -0.502 e. The van der Waals surface area contributed by atoms with Gasteiger partial charge >= 0.3 is 0 Å². The summed E-state index contributed by atoms with van der Waals surface area (Å²) in [6.07, 6.45) is -0.321. The predicted molar refractivity (Wildman–Crippen MR) is 302 cm³/mol. The molecular formula is C55H74N10O20. The van der Waals surface area contributed by atoms with Gasteiger partial charge in [0.15, 0.2) is 23.0 Å². The van der Waals surface area contributed by atoms with Gasteiger partial charge in [0, 0.05) is 90.2 Å². The summed E-state index contributed by atoms with van der Waals surface area (Å²) in [6.45, 7) is -2.33. The van der Waals surface area contributed by atoms with Crippen LogP contribution in [-0.2, 0) is 32.6 Å². The van der Waals surface area contributed by atoms with Crippen LogP contribution >= 0.6 is 0 Å². The van der Waals surface area contributed by atoms with Gasteiger partial charge in [-0.25, -0.2) is 0 Å². The summed E-state index contributed by atoms with van der Waals surface area (Å²) in [5.41, 5.74) is -3.80. The van der Waals surface area contributed by atoms with Crippen LogP contribution in [-0.4, -0.2) is 229 Å². The second-order valence-corrected chi connectivity index (χ2v) is 20.2. The third-order valence-corrected chi connectivity index (χ3v) is 13.5. The van der Waals surface area contributed by atoms with Crippen molar-refractivity contribution in [1.82, 2.24) is 49.3 Å². The van der Waals surface area contributed by atoms with Crippen LogP contribution in [0.25, 0.3) is 0 Å². The minimum absolute atomic E-state index is 0.0373. The zero-order valence-corrected chi connectivity index (χ0v) is 46.6. The standard InChI is InChI=1S/C55H74N10O20/c1-33-2-4-34(5-3-33)22-35(23-60(18-10-56-48(78)40-6-14-62(25-36(70)29-66)52(82)44(40)74)19-11-57-49(79)41-7-15-63(26-37(71)30-67)53(83)45(41)75)24-61(20-12-58-50(80)42-8-16-64(27-38(72)31-68)54(84)46(42)76)21-13-59-51(81)43-9-17-65(28-39(73)32-69)55(85)47(43)77/h2-9,14-17,35-39,66-77H,10-13,18-32H2,1H3,(H,56,78)(H,57,79)(H,58,80)(H,59,81). The molecule has 0 saturated heterocycles. The molecule has 1 aromatic carbocycles. The first-order valence-corrected chi connectivity index (χ1v) is 27.0. The average molecular weight is 1200 g/mol. The quantitative estimate of drug-likeness (QED) is 0.0183. The van der Waals surface area contributed by atoms with E-state index in [1.165, 1.54) is 0 Å². The number of aliphatic hydroxyl groups is 8. The summed E-state index contributed by atoms with van der Waals surface area (Å²) in [5.74, 6) is -7.52. The van der Waals surface area contributed by atoms with Crippen LogP contribution in [0.5, 0.6) is 23.0 Å². The maximum absolute atomic E-state index is 13.5. The lowest BCUT2D eigenvalue weighted by Gasteiger charge is -2.32. The summed E-state index contributed by atoms with van der Waals surface area (Å²) >= 11 is 0. The lowest BCUT2D eigenvalue weighted by Crippen LogP contribution is -2.46. The van der Waals surface area contributed by atoms with Crippen LogP contribution in [0.3, 0.4) is 0 Å². The molecule has 4 unspecified atom stereocenters. The Bertz CT molecular complexity index is 2930. The molecule has 30 heteroatoms. The molecule has 0 bridgehead atoms. The lowest BCUT2D eigenvalue weighted by molar-refractivity contribution is 0.0800. The van der Waals surface area contributed by atoms with Gasteiger partial charge in [0.1, 0.15) is 0 Å². The number of hydrogen-bond acceptors (Lipinski definition) is 22. The van der Waals surface area contributed by atoms with Crippen molar-refractivity contribution in [3.63, 3.8) is 0 Å². The van der Waals surface area contributed by atoms with E-state index in [0.29, 0.717) is 6.42 Å². The fourth-order valence-corrected chi connectivity index (χ4v) is 8.95. The lowest BCUT2D eigenvalue weighted by atomic mass is 9.97. The van der Waals surface area contributed by atoms with E-state index in [2.05, 4.69) is 21.3 Å². The highest BCUT2D eigenvalue weighted by molar-refractivity contribution is 5.98. The van der Waals surface area contributed by atoms with Crippen LogP contribution < -0.4 is 43.5 Å². The van der Waals surface area contributed by atoms with Crippen molar-refractivity contribution in [2.45, 2.75) is 63.9 Å². The van der Waals surface area contributed by atoms with Crippen molar-refractivity contribution in [3.05, 3.63) is 148 Å². The smallest absolute Gasteiger partial charge is 0.293 e. The molecular weight excluding hydrogens is 1120 g/mol. The Kier molecular flexibility index (Phi) is 25.9. The Morgan fingerprint density at radius 1 is 0.424 bits per heavy atom. The molecule has 0 aliphatic rings. The third kappa shape index (κ3) is 19.4. The van der Waals surface area contributed by atoms with Gasteiger partial charge in [0.25, 0.3) is 45.9 Å². The van der Waals surface area contributed by atoms with Crippen LogP contribution in [0.2, 0.25) is 0 Å². The van der Waals surface area contributed by atoms with Gasteiger partial charge in [0.2, 0.25) is 0 Å². The molecule has 4 heterocycles. The Morgan fingerprint density at radius 3 is 0.906 bits per heavy atom. The average Bonchev–Trinajstić information content (AvgIpc) is 3.50. The van der Waals surface area contributed by atoms with Crippen molar-refractivity contribution in [2.75, 3.05) is 91.9 Å². The van der Waals surface area contributed by atoms with Crippen molar-refractivity contribution in [2.24, 2.45) is 5.92 Å². The van der Waals surface area contributed by atoms with E-state index in [0.717, 1.165) is 78.4 Å². The summed E-state index contributed by atoms with van der Waals surface area (Å²) in [4.78, 5) is 109. The van der Waals surface area contributed by atoms with Gasteiger partial charge in [-0.1, -0.05) is 29.8 Å². The molecule has 4 aromatic heterocycles. The number of aromatic hydroxyl groups is 4. The Balaban J connectivity index is 1.45. The molecule has 0 spiro atoms. The summed E-state index contributed by atoms with van der Waals surface area (Å²) in [5, 5.41) is 130. The molecule has 0 aliphatic carbocycles. The molecule has 85 heavy (non-hydrogen) atoms. The molecule has 0 fully saturated rings. The molecule has 4 amide bonds. The maximum atomic E-state index is 13.5. The number of nitrogens with one attached hydrogen (secondary N) is 4. The number of aromatic nitrogens is 4. The van der Waals surface area contributed by atoms with E-state index < -0.39 is 148 Å². The highest BCUT2D eigenvalue weighted by atomic mass is 16.3. The van der Waals surface area contributed by atoms with Crippen molar-refractivity contribution in [3.8, 4) is 23.0 Å². The van der Waals surface area contributed by atoms with Crippen LogP contribution in [0, 0.1) is 12.8 Å². The molecule has 5 rings (SSSR count). The molecule has 16 N–H and O–H groups in total. The van der Waals surface area contributed by atoms with Crippen LogP contribution in [0.1, 0.15) is 52.6 Å². The van der Waals surface area contributed by atoms with E-state index >= 15 is 0 Å². The highest BCUT2D eigenvalue weighted by Crippen LogP contribution is 2.18. The maximum Gasteiger partial charge on any atom is 0.293 e. The summed E-state index contributed by atoms with van der Waals surface area (Å²) in [7, 11) is 0. The van der Waals surface area contributed by atoms with Crippen molar-refractivity contribution < 1.29 is 80.5 Å². The number of pyridine rings is 4. The topological polar surface area (TPSA) is 454 Å². The van der Waals surface area contributed by atoms with Gasteiger partial charge in [0.05, 0.1) is 99.3 Å². The Morgan fingerprint density at radius 2 is 0.671 bits per heavy atom. The fraction of sp³-hybridized carbons (Fsp3) is 0.455. The summed E-state index contributed by atoms with van der Waals surface area (Å²) in [6, 6.07) is 12.2. The third-order valence-electron chi connectivity index (χ3n) is 13.5. The number of benzene rings is 1. The fourth-order valence-electron chi connectivity index (χ4n) is 8.95. The molecule has 464 valence electrons. The molecule has 0 aliphatic heterocycles. The Hall–Kier alpha value is -8.30.